The van der Waals surface area contributed by atoms with Crippen molar-refractivity contribution in [2.75, 3.05) is 7.11 Å². The number of para-hydroxylation sites is 1. The van der Waals surface area contributed by atoms with Crippen LogP contribution in [-0.4, -0.2) is 12.0 Å². The van der Waals surface area contributed by atoms with Crippen LogP contribution in [0.2, 0.25) is 0 Å². The van der Waals surface area contributed by atoms with Gasteiger partial charge in [0.05, 0.1) is 12.0 Å². The van der Waals surface area contributed by atoms with Gasteiger partial charge in [-0.3, -0.25) is 10.1 Å². The molecule has 0 unspecified atom stereocenters. The van der Waals surface area contributed by atoms with E-state index in [4.69, 9.17) is 4.74 Å². The molecule has 0 amide bonds. The minimum absolute atomic E-state index is 0.191. The molecule has 2 aromatic rings. The van der Waals surface area contributed by atoms with Gasteiger partial charge in [-0.2, -0.15) is 0 Å². The Morgan fingerprint density at radius 3 is 2.37 bits per heavy atom. The molecule has 0 aliphatic carbocycles. The van der Waals surface area contributed by atoms with E-state index >= 15 is 0 Å². The second kappa shape index (κ2) is 6.00. The Balaban J connectivity index is 2.07. The Morgan fingerprint density at radius 2 is 1.74 bits per heavy atom. The number of nitro groups is 1. The van der Waals surface area contributed by atoms with Crippen LogP contribution in [0.1, 0.15) is 11.1 Å². The smallest absolute Gasteiger partial charge is 0.272 e. The number of rotatable bonds is 5. The van der Waals surface area contributed by atoms with Gasteiger partial charge in [-0.05, 0) is 30.5 Å². The van der Waals surface area contributed by atoms with Crippen LogP contribution in [0.4, 0.5) is 5.69 Å². The van der Waals surface area contributed by atoms with E-state index in [0.29, 0.717) is 6.42 Å². The molecule has 0 bridgehead atoms. The molecule has 0 saturated heterocycles. The van der Waals surface area contributed by atoms with E-state index in [9.17, 15) is 10.1 Å². The van der Waals surface area contributed by atoms with Gasteiger partial charge in [-0.15, -0.1) is 0 Å². The fourth-order valence-electron chi connectivity index (χ4n) is 1.97. The summed E-state index contributed by atoms with van der Waals surface area (Å²) in [5, 5.41) is 10.9. The van der Waals surface area contributed by atoms with Crippen molar-refractivity contribution in [1.29, 1.82) is 0 Å². The van der Waals surface area contributed by atoms with Gasteiger partial charge < -0.3 is 4.74 Å². The predicted molar refractivity (Wildman–Crippen MR) is 73.5 cm³/mol. The molecule has 19 heavy (non-hydrogen) atoms. The molecule has 0 N–H and O–H groups in total. The number of aryl methyl sites for hydroxylation is 2. The molecule has 4 nitrogen and oxygen atoms in total. The van der Waals surface area contributed by atoms with Crippen molar-refractivity contribution in [3.63, 3.8) is 0 Å². The fraction of sp³-hybridized carbons (Fsp3) is 0.200. The van der Waals surface area contributed by atoms with Crippen molar-refractivity contribution < 1.29 is 9.66 Å². The van der Waals surface area contributed by atoms with E-state index in [1.54, 1.807) is 19.2 Å². The average molecular weight is 257 g/mol. The lowest BCUT2D eigenvalue weighted by atomic mass is 10.0. The number of ether oxygens (including phenoxy) is 1. The van der Waals surface area contributed by atoms with Gasteiger partial charge in [0, 0.05) is 11.6 Å². The number of benzene rings is 2. The minimum Gasteiger partial charge on any atom is -0.497 e. The largest absolute Gasteiger partial charge is 0.497 e. The van der Waals surface area contributed by atoms with Crippen LogP contribution >= 0.6 is 0 Å². The summed E-state index contributed by atoms with van der Waals surface area (Å²) in [6.45, 7) is 0. The summed E-state index contributed by atoms with van der Waals surface area (Å²) in [5.74, 6) is 0.814. The van der Waals surface area contributed by atoms with Gasteiger partial charge in [0.15, 0.2) is 0 Å². The first-order valence-electron chi connectivity index (χ1n) is 6.06. The third-order valence-corrected chi connectivity index (χ3v) is 3.03. The minimum atomic E-state index is -0.330. The number of methoxy groups -OCH3 is 1. The molecule has 0 fully saturated rings. The van der Waals surface area contributed by atoms with Crippen LogP contribution in [0.5, 0.6) is 5.75 Å². The molecule has 0 heterocycles. The molecule has 2 aromatic carbocycles. The molecule has 4 heteroatoms. The number of hydrogen-bond acceptors (Lipinski definition) is 3. The zero-order valence-electron chi connectivity index (χ0n) is 10.7. The maximum Gasteiger partial charge on any atom is 0.272 e. The highest BCUT2D eigenvalue weighted by molar-refractivity contribution is 5.40. The highest BCUT2D eigenvalue weighted by Gasteiger charge is 2.11. The fourth-order valence-corrected chi connectivity index (χ4v) is 1.97. The number of nitrogens with zero attached hydrogens (tertiary/aromatic N) is 1. The Kier molecular flexibility index (Phi) is 4.13. The normalized spacial score (nSPS) is 10.2. The molecule has 0 aromatic heterocycles. The third-order valence-electron chi connectivity index (χ3n) is 3.03. The molecule has 98 valence electrons. The summed E-state index contributed by atoms with van der Waals surface area (Å²) in [4.78, 5) is 10.6. The predicted octanol–water partition coefficient (Wildman–Crippen LogP) is 3.39. The second-order valence-electron chi connectivity index (χ2n) is 4.23. The van der Waals surface area contributed by atoms with E-state index in [1.165, 1.54) is 0 Å². The van der Waals surface area contributed by atoms with E-state index in [2.05, 4.69) is 0 Å². The maximum atomic E-state index is 10.9. The van der Waals surface area contributed by atoms with Crippen molar-refractivity contribution in [2.45, 2.75) is 12.8 Å². The lowest BCUT2D eigenvalue weighted by molar-refractivity contribution is -0.385. The monoisotopic (exact) mass is 257 g/mol. The second-order valence-corrected chi connectivity index (χ2v) is 4.23. The van der Waals surface area contributed by atoms with E-state index < -0.39 is 0 Å². The summed E-state index contributed by atoms with van der Waals surface area (Å²) in [6, 6.07) is 14.6. The molecule has 0 aliphatic heterocycles. The average Bonchev–Trinajstić information content (AvgIpc) is 2.46. The zero-order valence-corrected chi connectivity index (χ0v) is 10.7. The Labute approximate surface area is 111 Å². The first-order valence-corrected chi connectivity index (χ1v) is 6.06. The van der Waals surface area contributed by atoms with Crippen molar-refractivity contribution >= 4 is 5.69 Å². The lowest BCUT2D eigenvalue weighted by Crippen LogP contribution is -1.97. The summed E-state index contributed by atoms with van der Waals surface area (Å²) < 4.78 is 5.09. The van der Waals surface area contributed by atoms with Crippen molar-refractivity contribution in [1.82, 2.24) is 0 Å². The van der Waals surface area contributed by atoms with Gasteiger partial charge >= 0.3 is 0 Å². The molecule has 2 rings (SSSR count). The molecular weight excluding hydrogens is 242 g/mol. The van der Waals surface area contributed by atoms with Crippen molar-refractivity contribution in [3.05, 3.63) is 69.8 Å². The Bertz CT molecular complexity index is 564. The van der Waals surface area contributed by atoms with Crippen LogP contribution in [0.3, 0.4) is 0 Å². The molecule has 0 atom stereocenters. The first kappa shape index (κ1) is 13.1. The van der Waals surface area contributed by atoms with Crippen LogP contribution in [-0.2, 0) is 12.8 Å². The van der Waals surface area contributed by atoms with Crippen LogP contribution in [0.15, 0.2) is 48.5 Å². The summed E-state index contributed by atoms with van der Waals surface area (Å²) in [7, 11) is 1.63. The van der Waals surface area contributed by atoms with Crippen molar-refractivity contribution in [3.8, 4) is 5.75 Å². The molecule has 0 aliphatic rings. The number of hydrogen-bond donors (Lipinski definition) is 0. The SMILES string of the molecule is COc1ccc(CCc2ccccc2[N+](=O)[O-])cc1. The summed E-state index contributed by atoms with van der Waals surface area (Å²) >= 11 is 0. The van der Waals surface area contributed by atoms with Gasteiger partial charge in [-0.25, -0.2) is 0 Å². The van der Waals surface area contributed by atoms with Crippen LogP contribution in [0, 0.1) is 10.1 Å². The van der Waals surface area contributed by atoms with Gasteiger partial charge in [-0.1, -0.05) is 30.3 Å². The Hall–Kier alpha value is -2.36. The summed E-state index contributed by atoms with van der Waals surface area (Å²) in [5.41, 5.74) is 2.10. The standard InChI is InChI=1S/C15H15NO3/c1-19-14-10-7-12(8-11-14)6-9-13-4-2-3-5-15(13)16(17)18/h2-5,7-8,10-11H,6,9H2,1H3. The maximum absolute atomic E-state index is 10.9. The van der Waals surface area contributed by atoms with Gasteiger partial charge in [0.1, 0.15) is 5.75 Å². The molecule has 0 saturated carbocycles. The van der Waals surface area contributed by atoms with Crippen molar-refractivity contribution in [2.24, 2.45) is 0 Å². The third kappa shape index (κ3) is 3.31. The highest BCUT2D eigenvalue weighted by Crippen LogP contribution is 2.20. The lowest BCUT2D eigenvalue weighted by Gasteiger charge is -2.04. The van der Waals surface area contributed by atoms with E-state index in [-0.39, 0.29) is 10.6 Å². The molecular formula is C15H15NO3. The number of nitro benzene ring substituents is 1. The molecule has 0 radical (unpaired) electrons. The van der Waals surface area contributed by atoms with Crippen LogP contribution < -0.4 is 4.74 Å². The molecule has 0 spiro atoms. The van der Waals surface area contributed by atoms with Gasteiger partial charge in [0.25, 0.3) is 5.69 Å². The van der Waals surface area contributed by atoms with E-state index in [1.807, 2.05) is 36.4 Å². The quantitative estimate of drug-likeness (QED) is 0.609. The van der Waals surface area contributed by atoms with Gasteiger partial charge in [0.2, 0.25) is 0 Å². The highest BCUT2D eigenvalue weighted by atomic mass is 16.6. The Morgan fingerprint density at radius 1 is 1.05 bits per heavy atom. The zero-order chi connectivity index (χ0) is 13.7. The summed E-state index contributed by atoms with van der Waals surface area (Å²) in [6.07, 6.45) is 1.43. The first-order chi connectivity index (χ1) is 9.20. The van der Waals surface area contributed by atoms with Crippen LogP contribution in [0.25, 0.3) is 0 Å². The van der Waals surface area contributed by atoms with E-state index in [0.717, 1.165) is 23.3 Å². The topological polar surface area (TPSA) is 52.4 Å².